The van der Waals surface area contributed by atoms with E-state index in [1.54, 1.807) is 0 Å². The van der Waals surface area contributed by atoms with E-state index in [1.807, 2.05) is 27.7 Å². The topological polar surface area (TPSA) is 0 Å². The predicted octanol–water partition coefficient (Wildman–Crippen LogP) is 9.69. The van der Waals surface area contributed by atoms with Gasteiger partial charge in [0.15, 0.2) is 0 Å². The smallest absolute Gasteiger partial charge is 0.00204 e. The van der Waals surface area contributed by atoms with Crippen LogP contribution in [0.3, 0.4) is 0 Å². The Labute approximate surface area is 187 Å². The van der Waals surface area contributed by atoms with E-state index in [4.69, 9.17) is 0 Å². The highest BCUT2D eigenvalue weighted by Crippen LogP contribution is 2.42. The van der Waals surface area contributed by atoms with E-state index in [1.165, 1.54) is 49.4 Å². The molecule has 0 spiro atoms. The van der Waals surface area contributed by atoms with Gasteiger partial charge in [0, 0.05) is 0 Å². The SMILES string of the molecule is CC.CC.Cc1c2ccccc2c(-c2ccccc2-c2ccccc2)c2ccccc12. The van der Waals surface area contributed by atoms with Crippen LogP contribution in [0.1, 0.15) is 33.3 Å². The summed E-state index contributed by atoms with van der Waals surface area (Å²) in [7, 11) is 0. The van der Waals surface area contributed by atoms with Crippen LogP contribution in [0.25, 0.3) is 43.8 Å². The molecule has 5 rings (SSSR count). The van der Waals surface area contributed by atoms with Gasteiger partial charge in [0.05, 0.1) is 0 Å². The molecule has 0 radical (unpaired) electrons. The average molecular weight is 405 g/mol. The van der Waals surface area contributed by atoms with Crippen LogP contribution in [0, 0.1) is 6.92 Å². The van der Waals surface area contributed by atoms with Crippen molar-refractivity contribution in [2.75, 3.05) is 0 Å². The third-order valence-corrected chi connectivity index (χ3v) is 5.48. The predicted molar refractivity (Wildman–Crippen MR) is 140 cm³/mol. The molecule has 0 aliphatic rings. The maximum Gasteiger partial charge on any atom is -0.00204 e. The van der Waals surface area contributed by atoms with E-state index in [0.29, 0.717) is 0 Å². The fourth-order valence-corrected chi connectivity index (χ4v) is 4.21. The molecule has 5 aromatic carbocycles. The van der Waals surface area contributed by atoms with E-state index >= 15 is 0 Å². The Morgan fingerprint density at radius 2 is 0.774 bits per heavy atom. The first kappa shape index (κ1) is 22.3. The molecule has 0 saturated heterocycles. The summed E-state index contributed by atoms with van der Waals surface area (Å²) in [6.45, 7) is 10.2. The molecule has 0 aromatic heterocycles. The quantitative estimate of drug-likeness (QED) is 0.257. The van der Waals surface area contributed by atoms with Gasteiger partial charge < -0.3 is 0 Å². The Bertz CT molecular complexity index is 1210. The van der Waals surface area contributed by atoms with Crippen molar-refractivity contribution in [2.45, 2.75) is 34.6 Å². The molecular weight excluding hydrogens is 372 g/mol. The first-order valence-corrected chi connectivity index (χ1v) is 11.4. The van der Waals surface area contributed by atoms with Crippen LogP contribution in [0.4, 0.5) is 0 Å². The molecule has 0 bridgehead atoms. The Kier molecular flexibility index (Phi) is 7.62. The molecule has 0 heteroatoms. The number of rotatable bonds is 2. The van der Waals surface area contributed by atoms with Crippen LogP contribution in [-0.4, -0.2) is 0 Å². The van der Waals surface area contributed by atoms with Gasteiger partial charge in [0.25, 0.3) is 0 Å². The second kappa shape index (κ2) is 10.6. The lowest BCUT2D eigenvalue weighted by molar-refractivity contribution is 1.50. The normalized spacial score (nSPS) is 10.1. The molecule has 0 N–H and O–H groups in total. The average Bonchev–Trinajstić information content (AvgIpc) is 2.88. The summed E-state index contributed by atoms with van der Waals surface area (Å²) in [5, 5.41) is 5.29. The second-order valence-corrected chi connectivity index (χ2v) is 7.00. The third-order valence-electron chi connectivity index (χ3n) is 5.48. The van der Waals surface area contributed by atoms with Gasteiger partial charge in [-0.1, -0.05) is 131 Å². The van der Waals surface area contributed by atoms with Gasteiger partial charge in [0.2, 0.25) is 0 Å². The van der Waals surface area contributed by atoms with Crippen molar-refractivity contribution < 1.29 is 0 Å². The monoisotopic (exact) mass is 404 g/mol. The molecule has 0 aliphatic carbocycles. The van der Waals surface area contributed by atoms with Crippen molar-refractivity contribution in [1.29, 1.82) is 0 Å². The zero-order valence-corrected chi connectivity index (χ0v) is 19.3. The van der Waals surface area contributed by atoms with Gasteiger partial charge in [-0.15, -0.1) is 0 Å². The first-order valence-electron chi connectivity index (χ1n) is 11.4. The van der Waals surface area contributed by atoms with Crippen LogP contribution in [0.15, 0.2) is 103 Å². The van der Waals surface area contributed by atoms with Gasteiger partial charge in [-0.25, -0.2) is 0 Å². The van der Waals surface area contributed by atoms with Gasteiger partial charge in [-0.05, 0) is 56.3 Å². The van der Waals surface area contributed by atoms with Crippen molar-refractivity contribution in [1.82, 2.24) is 0 Å². The van der Waals surface area contributed by atoms with Gasteiger partial charge >= 0.3 is 0 Å². The van der Waals surface area contributed by atoms with Crippen molar-refractivity contribution in [3.05, 3.63) is 109 Å². The maximum absolute atomic E-state index is 2.26. The minimum Gasteiger partial charge on any atom is -0.0683 e. The Balaban J connectivity index is 0.000000645. The third kappa shape index (κ3) is 4.25. The van der Waals surface area contributed by atoms with Crippen LogP contribution in [0.2, 0.25) is 0 Å². The highest BCUT2D eigenvalue weighted by molar-refractivity contribution is 6.16. The molecule has 0 unspecified atom stereocenters. The largest absolute Gasteiger partial charge is 0.0683 e. The van der Waals surface area contributed by atoms with Crippen molar-refractivity contribution in [3.63, 3.8) is 0 Å². The van der Waals surface area contributed by atoms with Crippen molar-refractivity contribution >= 4 is 21.5 Å². The number of aryl methyl sites for hydroxylation is 1. The first-order chi connectivity index (χ1) is 15.3. The molecule has 0 aliphatic heterocycles. The van der Waals surface area contributed by atoms with Crippen LogP contribution in [0.5, 0.6) is 0 Å². The molecule has 0 heterocycles. The zero-order chi connectivity index (χ0) is 22.2. The van der Waals surface area contributed by atoms with E-state index in [9.17, 15) is 0 Å². The second-order valence-electron chi connectivity index (χ2n) is 7.00. The van der Waals surface area contributed by atoms with Crippen molar-refractivity contribution in [2.24, 2.45) is 0 Å². The number of hydrogen-bond donors (Lipinski definition) is 0. The lowest BCUT2D eigenvalue weighted by Crippen LogP contribution is -1.91. The maximum atomic E-state index is 2.26. The minimum atomic E-state index is 1.25. The molecule has 31 heavy (non-hydrogen) atoms. The summed E-state index contributed by atoms with van der Waals surface area (Å²) >= 11 is 0. The lowest BCUT2D eigenvalue weighted by Gasteiger charge is -2.18. The van der Waals surface area contributed by atoms with Crippen LogP contribution >= 0.6 is 0 Å². The molecule has 0 nitrogen and oxygen atoms in total. The molecule has 0 fully saturated rings. The van der Waals surface area contributed by atoms with E-state index < -0.39 is 0 Å². The molecule has 5 aromatic rings. The van der Waals surface area contributed by atoms with E-state index in [2.05, 4.69) is 110 Å². The summed E-state index contributed by atoms with van der Waals surface area (Å²) < 4.78 is 0. The highest BCUT2D eigenvalue weighted by atomic mass is 14.2. The summed E-state index contributed by atoms with van der Waals surface area (Å²) in [5.74, 6) is 0. The Morgan fingerprint density at radius 1 is 0.387 bits per heavy atom. The molecule has 0 amide bonds. The van der Waals surface area contributed by atoms with Crippen molar-refractivity contribution in [3.8, 4) is 22.3 Å². The van der Waals surface area contributed by atoms with Crippen LogP contribution in [-0.2, 0) is 0 Å². The van der Waals surface area contributed by atoms with E-state index in [0.717, 1.165) is 0 Å². The lowest BCUT2D eigenvalue weighted by atomic mass is 9.86. The fourth-order valence-electron chi connectivity index (χ4n) is 4.21. The fraction of sp³-hybridized carbons (Fsp3) is 0.161. The molecule has 0 saturated carbocycles. The Morgan fingerprint density at radius 3 is 1.29 bits per heavy atom. The van der Waals surface area contributed by atoms with Gasteiger partial charge in [0.1, 0.15) is 0 Å². The van der Waals surface area contributed by atoms with Gasteiger partial charge in [-0.3, -0.25) is 0 Å². The standard InChI is InChI=1S/C27H20.2C2H6/c1-19-21-13-5-8-16-24(21)27(25-17-9-6-14-22(19)25)26-18-10-7-15-23(26)20-11-3-2-4-12-20;2*1-2/h2-18H,1H3;2*1-2H3. The molecular formula is C31H32. The minimum absolute atomic E-state index is 1.25. The van der Waals surface area contributed by atoms with Gasteiger partial charge in [-0.2, -0.15) is 0 Å². The number of hydrogen-bond acceptors (Lipinski definition) is 0. The summed E-state index contributed by atoms with van der Waals surface area (Å²) in [4.78, 5) is 0. The zero-order valence-electron chi connectivity index (χ0n) is 19.3. The Hall–Kier alpha value is -3.38. The number of benzene rings is 5. The highest BCUT2D eigenvalue weighted by Gasteiger charge is 2.15. The van der Waals surface area contributed by atoms with Crippen LogP contribution < -0.4 is 0 Å². The molecule has 156 valence electrons. The summed E-state index contributed by atoms with van der Waals surface area (Å²) in [5.41, 5.74) is 6.49. The number of fused-ring (bicyclic) bond motifs is 2. The summed E-state index contributed by atoms with van der Waals surface area (Å²) in [6.07, 6.45) is 0. The van der Waals surface area contributed by atoms with E-state index in [-0.39, 0.29) is 0 Å². The molecule has 0 atom stereocenters. The summed E-state index contributed by atoms with van der Waals surface area (Å²) in [6, 6.07) is 37.0.